The molecule has 0 spiro atoms. The predicted molar refractivity (Wildman–Crippen MR) is 191 cm³/mol. The smallest absolute Gasteiger partial charge is 0.000653 e. The molecule has 0 fully saturated rings. The molecule has 0 heterocycles. The lowest BCUT2D eigenvalue weighted by Crippen LogP contribution is -2.37. The summed E-state index contributed by atoms with van der Waals surface area (Å²) in [6, 6.07) is 0. The van der Waals surface area contributed by atoms with Crippen LogP contribution in [-0.2, 0) is 0 Å². The first-order chi connectivity index (χ1) is 21.1. The maximum Gasteiger partial charge on any atom is -0.000653 e. The van der Waals surface area contributed by atoms with Crippen molar-refractivity contribution >= 4 is 0 Å². The third-order valence-corrected chi connectivity index (χ3v) is 8.25. The molecule has 0 amide bonds. The molecule has 0 aliphatic rings. The van der Waals surface area contributed by atoms with E-state index in [0.29, 0.717) is 0 Å². The van der Waals surface area contributed by atoms with Gasteiger partial charge in [0.05, 0.1) is 0 Å². The molecular formula is C33H78N10. The van der Waals surface area contributed by atoms with E-state index in [0.717, 1.165) is 39.3 Å². The topological polar surface area (TPSA) is 85.1 Å². The van der Waals surface area contributed by atoms with Gasteiger partial charge in [0.1, 0.15) is 0 Å². The number of hydrogen-bond donors (Lipinski definition) is 6. The number of nitrogens with zero attached hydrogens (tertiary/aromatic N) is 4. The van der Waals surface area contributed by atoms with Gasteiger partial charge in [0.15, 0.2) is 0 Å². The van der Waals surface area contributed by atoms with Gasteiger partial charge in [0.2, 0.25) is 0 Å². The summed E-state index contributed by atoms with van der Waals surface area (Å²) in [4.78, 5) is 10.9. The summed E-state index contributed by atoms with van der Waals surface area (Å²) < 4.78 is 0. The van der Waals surface area contributed by atoms with Gasteiger partial charge >= 0.3 is 0 Å². The fourth-order valence-corrected chi connectivity index (χ4v) is 5.77. The lowest BCUT2D eigenvalue weighted by Gasteiger charge is -2.29. The minimum absolute atomic E-state index is 1.10. The maximum absolute atomic E-state index is 3.32. The van der Waals surface area contributed by atoms with Gasteiger partial charge < -0.3 is 51.5 Å². The van der Waals surface area contributed by atoms with Crippen LogP contribution < -0.4 is 31.9 Å². The Morgan fingerprint density at radius 3 is 0.512 bits per heavy atom. The normalized spacial score (nSPS) is 12.1. The maximum atomic E-state index is 3.32. The van der Waals surface area contributed by atoms with E-state index in [1.807, 2.05) is 0 Å². The zero-order chi connectivity index (χ0) is 31.6. The lowest BCUT2D eigenvalue weighted by molar-refractivity contribution is 0.191. The molecular weight excluding hydrogens is 536 g/mol. The molecule has 6 N–H and O–H groups in total. The second-order valence-corrected chi connectivity index (χ2v) is 12.2. The van der Waals surface area contributed by atoms with E-state index in [1.165, 1.54) is 136 Å². The van der Waals surface area contributed by atoms with Crippen molar-refractivity contribution in [3.63, 3.8) is 0 Å². The summed E-state index contributed by atoms with van der Waals surface area (Å²) >= 11 is 0. The molecule has 0 aliphatic heterocycles. The van der Waals surface area contributed by atoms with E-state index in [9.17, 15) is 0 Å². The Labute approximate surface area is 269 Å². The van der Waals surface area contributed by atoms with Gasteiger partial charge in [-0.2, -0.15) is 0 Å². The second-order valence-electron chi connectivity index (χ2n) is 12.2. The first-order valence-electron chi connectivity index (χ1n) is 17.9. The summed E-state index contributed by atoms with van der Waals surface area (Å²) in [7, 11) is 12.4. The van der Waals surface area contributed by atoms with E-state index in [1.54, 1.807) is 0 Å². The highest BCUT2D eigenvalue weighted by Gasteiger charge is 2.12. The van der Waals surface area contributed by atoms with Crippen LogP contribution in [0.2, 0.25) is 0 Å². The highest BCUT2D eigenvalue weighted by molar-refractivity contribution is 4.68. The molecule has 0 aromatic rings. The van der Waals surface area contributed by atoms with Gasteiger partial charge in [-0.15, -0.1) is 0 Å². The Morgan fingerprint density at radius 1 is 0.233 bits per heavy atom. The molecule has 0 atom stereocenters. The van der Waals surface area contributed by atoms with E-state index >= 15 is 0 Å². The van der Waals surface area contributed by atoms with E-state index in [2.05, 4.69) is 93.8 Å². The monoisotopic (exact) mass is 615 g/mol. The molecule has 0 saturated heterocycles. The molecule has 260 valence electrons. The minimum atomic E-state index is 1.10. The second kappa shape index (κ2) is 34.5. The van der Waals surface area contributed by atoms with E-state index in [4.69, 9.17) is 0 Å². The van der Waals surface area contributed by atoms with Crippen molar-refractivity contribution in [3.8, 4) is 0 Å². The molecule has 0 saturated carbocycles. The van der Waals surface area contributed by atoms with Crippen LogP contribution in [0.1, 0.15) is 57.8 Å². The molecule has 0 bridgehead atoms. The minimum Gasteiger partial charge on any atom is -0.320 e. The molecule has 10 heteroatoms. The Balaban J connectivity index is 5.06. The summed E-state index contributed by atoms with van der Waals surface area (Å²) in [5.41, 5.74) is 0. The van der Waals surface area contributed by atoms with E-state index in [-0.39, 0.29) is 0 Å². The number of rotatable bonds is 36. The average molecular weight is 615 g/mol. The van der Waals surface area contributed by atoms with Gasteiger partial charge in [-0.1, -0.05) is 0 Å². The molecule has 0 radical (unpaired) electrons. The van der Waals surface area contributed by atoms with Gasteiger partial charge in [-0.05, 0) is 218 Å². The van der Waals surface area contributed by atoms with Crippen molar-refractivity contribution in [1.82, 2.24) is 51.5 Å². The molecule has 43 heavy (non-hydrogen) atoms. The fourth-order valence-electron chi connectivity index (χ4n) is 5.77. The third-order valence-electron chi connectivity index (χ3n) is 8.25. The van der Waals surface area contributed by atoms with Crippen LogP contribution in [0.4, 0.5) is 0 Å². The SMILES string of the molecule is CNCCCN(CCCNC)CCCN(CCCN(CCCNC)CCCNC)CCCN(CCCNC)CCCNC. The first-order valence-corrected chi connectivity index (χ1v) is 17.9. The largest absolute Gasteiger partial charge is 0.320 e. The van der Waals surface area contributed by atoms with Crippen LogP contribution in [0.5, 0.6) is 0 Å². The molecule has 10 nitrogen and oxygen atoms in total. The van der Waals surface area contributed by atoms with Crippen molar-refractivity contribution in [2.45, 2.75) is 57.8 Å². The lowest BCUT2D eigenvalue weighted by atomic mass is 10.2. The Bertz CT molecular complexity index is 427. The number of nitrogens with one attached hydrogen (secondary N) is 6. The Hall–Kier alpha value is -0.400. The first kappa shape index (κ1) is 42.6. The Kier molecular flexibility index (Phi) is 34.2. The quantitative estimate of drug-likeness (QED) is 0.0576. The average Bonchev–Trinajstić information content (AvgIpc) is 3.00. The van der Waals surface area contributed by atoms with Gasteiger partial charge in [-0.3, -0.25) is 0 Å². The zero-order valence-corrected chi connectivity index (χ0v) is 29.9. The summed E-state index contributed by atoms with van der Waals surface area (Å²) in [6.07, 6.45) is 11.2. The van der Waals surface area contributed by atoms with Crippen LogP contribution in [0.3, 0.4) is 0 Å². The Morgan fingerprint density at radius 2 is 0.372 bits per heavy atom. The fraction of sp³-hybridized carbons (Fsp3) is 1.00. The molecule has 0 aromatic carbocycles. The van der Waals surface area contributed by atoms with Crippen molar-refractivity contribution in [3.05, 3.63) is 0 Å². The van der Waals surface area contributed by atoms with Crippen LogP contribution in [0.25, 0.3) is 0 Å². The summed E-state index contributed by atoms with van der Waals surface area (Å²) in [5.74, 6) is 0. The predicted octanol–water partition coefficient (Wildman–Crippen LogP) is 1.02. The molecule has 0 aliphatic carbocycles. The van der Waals surface area contributed by atoms with Crippen molar-refractivity contribution in [2.24, 2.45) is 0 Å². The van der Waals surface area contributed by atoms with Gasteiger partial charge in [0, 0.05) is 0 Å². The van der Waals surface area contributed by atoms with E-state index < -0.39 is 0 Å². The van der Waals surface area contributed by atoms with Crippen LogP contribution in [0.15, 0.2) is 0 Å². The number of hydrogen-bond acceptors (Lipinski definition) is 10. The summed E-state index contributed by atoms with van der Waals surface area (Å²) in [5, 5.41) is 19.9. The third kappa shape index (κ3) is 28.8. The molecule has 0 aromatic heterocycles. The highest BCUT2D eigenvalue weighted by atomic mass is 15.2. The molecule has 0 unspecified atom stereocenters. The van der Waals surface area contributed by atoms with Crippen molar-refractivity contribution in [1.29, 1.82) is 0 Å². The van der Waals surface area contributed by atoms with Crippen LogP contribution >= 0.6 is 0 Å². The molecule has 0 rings (SSSR count). The van der Waals surface area contributed by atoms with Gasteiger partial charge in [-0.25, -0.2) is 0 Å². The zero-order valence-electron chi connectivity index (χ0n) is 29.9. The van der Waals surface area contributed by atoms with Crippen LogP contribution in [0, 0.1) is 0 Å². The van der Waals surface area contributed by atoms with Crippen molar-refractivity contribution < 1.29 is 0 Å². The standard InChI is InChI=1S/C33H78N10/c1-34-16-7-22-40(23-8-17-35-2)28-13-31-43(32-14-29-41(24-9-18-36-3)25-10-19-37-4)33-15-30-42(26-11-20-38-5)27-12-21-39-6/h34-39H,7-33H2,1-6H3. The van der Waals surface area contributed by atoms with Gasteiger partial charge in [0.25, 0.3) is 0 Å². The van der Waals surface area contributed by atoms with Crippen molar-refractivity contribution in [2.75, 3.05) is 160 Å². The van der Waals surface area contributed by atoms with Crippen LogP contribution in [-0.4, -0.2) is 180 Å². The summed E-state index contributed by atoms with van der Waals surface area (Å²) in [6.45, 7) is 21.1. The highest BCUT2D eigenvalue weighted by Crippen LogP contribution is 2.05.